The number of nitrogens with one attached hydrogen (secondary N) is 1. The van der Waals surface area contributed by atoms with Gasteiger partial charge in [-0.3, -0.25) is 10.1 Å². The topological polar surface area (TPSA) is 56.1 Å². The lowest BCUT2D eigenvalue weighted by Gasteiger charge is -2.24. The van der Waals surface area contributed by atoms with Gasteiger partial charge < -0.3 is 4.90 Å². The summed E-state index contributed by atoms with van der Waals surface area (Å²) in [5.41, 5.74) is 1.53. The molecular formula is C18H16ClN3OS. The van der Waals surface area contributed by atoms with Gasteiger partial charge >= 0.3 is 0 Å². The highest BCUT2D eigenvalue weighted by Gasteiger charge is 2.14. The van der Waals surface area contributed by atoms with E-state index in [1.54, 1.807) is 24.3 Å². The molecule has 1 N–H and O–H groups in total. The lowest BCUT2D eigenvalue weighted by molar-refractivity contribution is 0.0973. The van der Waals surface area contributed by atoms with Crippen molar-refractivity contribution in [2.24, 2.45) is 0 Å². The summed E-state index contributed by atoms with van der Waals surface area (Å²) in [5, 5.41) is 12.4. The Hall–Kier alpha value is -2.42. The minimum atomic E-state index is -0.299. The highest BCUT2D eigenvalue weighted by molar-refractivity contribution is 7.80. The number of rotatable bonds is 5. The van der Waals surface area contributed by atoms with Crippen molar-refractivity contribution in [1.29, 1.82) is 5.26 Å². The Kier molecular flexibility index (Phi) is 6.74. The zero-order valence-corrected chi connectivity index (χ0v) is 14.5. The van der Waals surface area contributed by atoms with Gasteiger partial charge in [-0.15, -0.1) is 0 Å². The van der Waals surface area contributed by atoms with Crippen molar-refractivity contribution in [3.63, 3.8) is 0 Å². The van der Waals surface area contributed by atoms with Gasteiger partial charge in [0.05, 0.1) is 12.5 Å². The maximum absolute atomic E-state index is 12.3. The summed E-state index contributed by atoms with van der Waals surface area (Å²) in [7, 11) is 0. The Morgan fingerprint density at radius 3 is 2.46 bits per heavy atom. The average molecular weight is 358 g/mol. The van der Waals surface area contributed by atoms with E-state index in [2.05, 4.69) is 11.4 Å². The molecule has 0 bridgehead atoms. The van der Waals surface area contributed by atoms with E-state index >= 15 is 0 Å². The van der Waals surface area contributed by atoms with Crippen LogP contribution < -0.4 is 5.32 Å². The smallest absolute Gasteiger partial charge is 0.257 e. The Morgan fingerprint density at radius 2 is 1.83 bits per heavy atom. The molecule has 0 radical (unpaired) electrons. The number of carbonyl (C=O) groups is 1. The molecule has 2 aromatic carbocycles. The minimum absolute atomic E-state index is 0.299. The van der Waals surface area contributed by atoms with Gasteiger partial charge in [0.15, 0.2) is 5.11 Å². The third kappa shape index (κ3) is 5.34. The second kappa shape index (κ2) is 9.02. The third-order valence-electron chi connectivity index (χ3n) is 3.32. The second-order valence-electron chi connectivity index (χ2n) is 5.08. The molecule has 2 aromatic rings. The van der Waals surface area contributed by atoms with Crippen LogP contribution in [0.4, 0.5) is 0 Å². The summed E-state index contributed by atoms with van der Waals surface area (Å²) in [6.07, 6.45) is 0.323. The average Bonchev–Trinajstić information content (AvgIpc) is 2.60. The minimum Gasteiger partial charge on any atom is -0.344 e. The quantitative estimate of drug-likeness (QED) is 0.827. The number of benzene rings is 2. The van der Waals surface area contributed by atoms with Gasteiger partial charge in [-0.2, -0.15) is 5.26 Å². The highest BCUT2D eigenvalue weighted by Crippen LogP contribution is 2.10. The van der Waals surface area contributed by atoms with Gasteiger partial charge in [0.25, 0.3) is 5.91 Å². The van der Waals surface area contributed by atoms with Crippen LogP contribution in [0.25, 0.3) is 0 Å². The Balaban J connectivity index is 2.05. The fourth-order valence-electron chi connectivity index (χ4n) is 2.09. The van der Waals surface area contributed by atoms with E-state index in [0.29, 0.717) is 35.2 Å². The molecule has 24 heavy (non-hydrogen) atoms. The number of hydrogen-bond acceptors (Lipinski definition) is 3. The largest absolute Gasteiger partial charge is 0.344 e. The molecule has 1 amide bonds. The molecule has 122 valence electrons. The number of thiocarbonyl (C=S) groups is 1. The Morgan fingerprint density at radius 1 is 1.17 bits per heavy atom. The van der Waals surface area contributed by atoms with Crippen molar-refractivity contribution in [2.45, 2.75) is 13.0 Å². The van der Waals surface area contributed by atoms with Crippen LogP contribution in [0.5, 0.6) is 0 Å². The number of hydrogen-bond donors (Lipinski definition) is 1. The van der Waals surface area contributed by atoms with Crippen molar-refractivity contribution >= 4 is 34.8 Å². The van der Waals surface area contributed by atoms with E-state index < -0.39 is 0 Å². The maximum atomic E-state index is 12.3. The zero-order chi connectivity index (χ0) is 17.4. The number of nitrogens with zero attached hydrogens (tertiary/aromatic N) is 2. The fraction of sp³-hybridized carbons (Fsp3) is 0.167. The predicted octanol–water partition coefficient (Wildman–Crippen LogP) is 3.77. The fourth-order valence-corrected chi connectivity index (χ4v) is 2.47. The number of carbonyl (C=O) groups excluding carboxylic acids is 1. The number of halogens is 1. The van der Waals surface area contributed by atoms with Crippen LogP contribution in [0.15, 0.2) is 54.6 Å². The van der Waals surface area contributed by atoms with E-state index in [1.807, 2.05) is 35.2 Å². The van der Waals surface area contributed by atoms with Crippen LogP contribution in [0.2, 0.25) is 5.02 Å². The van der Waals surface area contributed by atoms with Gasteiger partial charge in [-0.05, 0) is 42.0 Å². The van der Waals surface area contributed by atoms with Crippen LogP contribution in [0, 0.1) is 11.3 Å². The molecule has 0 aromatic heterocycles. The molecule has 0 spiro atoms. The predicted molar refractivity (Wildman–Crippen MR) is 98.6 cm³/mol. The van der Waals surface area contributed by atoms with E-state index in [0.717, 1.165) is 5.56 Å². The first kappa shape index (κ1) is 17.9. The lowest BCUT2D eigenvalue weighted by Crippen LogP contribution is -2.42. The van der Waals surface area contributed by atoms with Crippen LogP contribution in [-0.2, 0) is 6.54 Å². The van der Waals surface area contributed by atoms with Crippen LogP contribution >= 0.6 is 23.8 Å². The molecule has 0 atom stereocenters. The zero-order valence-electron chi connectivity index (χ0n) is 12.9. The number of nitriles is 1. The molecule has 6 heteroatoms. The lowest BCUT2D eigenvalue weighted by atomic mass is 10.2. The molecule has 0 unspecified atom stereocenters. The molecule has 0 fully saturated rings. The molecule has 0 heterocycles. The van der Waals surface area contributed by atoms with Gasteiger partial charge in [-0.1, -0.05) is 41.9 Å². The molecule has 2 rings (SSSR count). The molecule has 0 aliphatic carbocycles. The van der Waals surface area contributed by atoms with Crippen molar-refractivity contribution in [3.8, 4) is 6.07 Å². The molecule has 0 aliphatic heterocycles. The standard InChI is InChI=1S/C18H16ClN3OS/c19-16-9-7-15(8-10-16)17(23)21-18(24)22(12-4-11-20)13-14-5-2-1-3-6-14/h1-3,5-10H,4,12-13H2,(H,21,23,24). The summed E-state index contributed by atoms with van der Waals surface area (Å²) in [4.78, 5) is 14.1. The Labute approximate surface area is 151 Å². The first-order chi connectivity index (χ1) is 11.6. The van der Waals surface area contributed by atoms with Crippen LogP contribution in [-0.4, -0.2) is 22.5 Å². The molecule has 0 saturated carbocycles. The summed E-state index contributed by atoms with van der Waals surface area (Å²) in [5.74, 6) is -0.299. The summed E-state index contributed by atoms with van der Waals surface area (Å²) in [6.45, 7) is 0.980. The van der Waals surface area contributed by atoms with Crippen molar-refractivity contribution < 1.29 is 4.79 Å². The SMILES string of the molecule is N#CCCN(Cc1ccccc1)C(=S)NC(=O)c1ccc(Cl)cc1. The summed E-state index contributed by atoms with van der Waals surface area (Å²) < 4.78 is 0. The van der Waals surface area contributed by atoms with Gasteiger partial charge in [0, 0.05) is 23.7 Å². The second-order valence-corrected chi connectivity index (χ2v) is 5.90. The monoisotopic (exact) mass is 357 g/mol. The van der Waals surface area contributed by atoms with Gasteiger partial charge in [0.1, 0.15) is 0 Å². The van der Waals surface area contributed by atoms with Crippen molar-refractivity contribution in [2.75, 3.05) is 6.54 Å². The number of amides is 1. The maximum Gasteiger partial charge on any atom is 0.257 e. The molecular weight excluding hydrogens is 342 g/mol. The van der Waals surface area contributed by atoms with E-state index in [9.17, 15) is 4.79 Å². The summed E-state index contributed by atoms with van der Waals surface area (Å²) >= 11 is 11.2. The van der Waals surface area contributed by atoms with Crippen molar-refractivity contribution in [3.05, 3.63) is 70.7 Å². The van der Waals surface area contributed by atoms with E-state index in [-0.39, 0.29) is 5.91 Å². The Bertz CT molecular complexity index is 741. The van der Waals surface area contributed by atoms with Crippen molar-refractivity contribution in [1.82, 2.24) is 10.2 Å². The van der Waals surface area contributed by atoms with Gasteiger partial charge in [0.2, 0.25) is 0 Å². The molecule has 0 saturated heterocycles. The van der Waals surface area contributed by atoms with E-state index in [1.165, 1.54) is 0 Å². The van der Waals surface area contributed by atoms with Gasteiger partial charge in [-0.25, -0.2) is 0 Å². The first-order valence-electron chi connectivity index (χ1n) is 7.37. The third-order valence-corrected chi connectivity index (χ3v) is 3.94. The van der Waals surface area contributed by atoms with Crippen LogP contribution in [0.1, 0.15) is 22.3 Å². The summed E-state index contributed by atoms with van der Waals surface area (Å²) in [6, 6.07) is 18.4. The first-order valence-corrected chi connectivity index (χ1v) is 8.15. The molecule has 0 aliphatic rings. The van der Waals surface area contributed by atoms with E-state index in [4.69, 9.17) is 29.1 Å². The highest BCUT2D eigenvalue weighted by atomic mass is 35.5. The van der Waals surface area contributed by atoms with Crippen LogP contribution in [0.3, 0.4) is 0 Å². The normalized spacial score (nSPS) is 9.83. The molecule has 4 nitrogen and oxygen atoms in total.